The van der Waals surface area contributed by atoms with Crippen molar-refractivity contribution in [1.29, 1.82) is 0 Å². The van der Waals surface area contributed by atoms with Crippen molar-refractivity contribution < 1.29 is 28.9 Å². The van der Waals surface area contributed by atoms with Gasteiger partial charge in [0.1, 0.15) is 11.5 Å². The third-order valence-corrected chi connectivity index (χ3v) is 2.56. The molecule has 1 N–H and O–H groups in total. The zero-order valence-corrected chi connectivity index (χ0v) is 11.5. The molecule has 0 fully saturated rings. The van der Waals surface area contributed by atoms with Crippen LogP contribution in [0.25, 0.3) is 6.08 Å². The molecule has 1 aromatic rings. The zero-order valence-electron chi connectivity index (χ0n) is 11.5. The first-order chi connectivity index (χ1) is 9.51. The minimum absolute atomic E-state index is 0.0200. The highest BCUT2D eigenvalue weighted by Gasteiger charge is 2.15. The van der Waals surface area contributed by atoms with E-state index in [1.165, 1.54) is 27.4 Å². The van der Waals surface area contributed by atoms with Crippen LogP contribution in [-0.2, 0) is 14.3 Å². The summed E-state index contributed by atoms with van der Waals surface area (Å²) in [5.41, 5.74) is 0.556. The lowest BCUT2D eigenvalue weighted by Gasteiger charge is -2.09. The summed E-state index contributed by atoms with van der Waals surface area (Å²) >= 11 is 0. The van der Waals surface area contributed by atoms with Gasteiger partial charge in [0, 0.05) is 11.1 Å². The first-order valence-electron chi connectivity index (χ1n) is 5.74. The number of benzene rings is 1. The molecule has 0 saturated heterocycles. The average Bonchev–Trinajstić information content (AvgIpc) is 2.45. The number of carboxylic acids is 1. The standard InChI is InChI=1S/C14H16O6/c1-18-11-4-5-12(19-2)9(7-11)6-10(8-13(15)16)14(17)20-3/h4-7H,8H2,1-3H3,(H,15,16)/b10-6+. The van der Waals surface area contributed by atoms with Crippen LogP contribution in [0.5, 0.6) is 11.5 Å². The molecule has 0 unspecified atom stereocenters. The SMILES string of the molecule is COC(=O)/C(=C/c1cc(OC)ccc1OC)CC(=O)O. The first kappa shape index (κ1) is 15.6. The number of carbonyl (C=O) groups is 2. The Kier molecular flexibility index (Phi) is 5.58. The van der Waals surface area contributed by atoms with Crippen LogP contribution in [0, 0.1) is 0 Å². The largest absolute Gasteiger partial charge is 0.497 e. The van der Waals surface area contributed by atoms with E-state index in [0.29, 0.717) is 17.1 Å². The molecule has 0 atom stereocenters. The Hall–Kier alpha value is -2.50. The molecule has 6 nitrogen and oxygen atoms in total. The molecule has 108 valence electrons. The maximum Gasteiger partial charge on any atom is 0.334 e. The summed E-state index contributed by atoms with van der Waals surface area (Å²) in [6.45, 7) is 0. The molecule has 20 heavy (non-hydrogen) atoms. The van der Waals surface area contributed by atoms with Gasteiger partial charge in [0.25, 0.3) is 0 Å². The lowest BCUT2D eigenvalue weighted by atomic mass is 10.1. The van der Waals surface area contributed by atoms with Crippen molar-refractivity contribution in [3.8, 4) is 11.5 Å². The van der Waals surface area contributed by atoms with Gasteiger partial charge in [0.05, 0.1) is 27.8 Å². The Morgan fingerprint density at radius 1 is 1.20 bits per heavy atom. The molecule has 0 aromatic heterocycles. The monoisotopic (exact) mass is 280 g/mol. The molecule has 0 aliphatic rings. The number of ether oxygens (including phenoxy) is 3. The molecule has 1 rings (SSSR count). The van der Waals surface area contributed by atoms with Gasteiger partial charge < -0.3 is 19.3 Å². The van der Waals surface area contributed by atoms with E-state index in [1.807, 2.05) is 0 Å². The number of esters is 1. The summed E-state index contributed by atoms with van der Waals surface area (Å²) in [6.07, 6.45) is 0.981. The Morgan fingerprint density at radius 2 is 1.90 bits per heavy atom. The van der Waals surface area contributed by atoms with Crippen LogP contribution in [0.2, 0.25) is 0 Å². The molecule has 0 aliphatic heterocycles. The van der Waals surface area contributed by atoms with Gasteiger partial charge in [-0.25, -0.2) is 4.79 Å². The highest BCUT2D eigenvalue weighted by atomic mass is 16.5. The fraction of sp³-hybridized carbons (Fsp3) is 0.286. The summed E-state index contributed by atoms with van der Waals surface area (Å²) in [5.74, 6) is -0.755. The van der Waals surface area contributed by atoms with Crippen molar-refractivity contribution in [3.63, 3.8) is 0 Å². The van der Waals surface area contributed by atoms with Crippen LogP contribution in [0.4, 0.5) is 0 Å². The quantitative estimate of drug-likeness (QED) is 0.631. The Morgan fingerprint density at radius 3 is 2.40 bits per heavy atom. The molecule has 0 amide bonds. The third kappa shape index (κ3) is 4.01. The fourth-order valence-corrected chi connectivity index (χ4v) is 1.62. The zero-order chi connectivity index (χ0) is 15.1. The van der Waals surface area contributed by atoms with Gasteiger partial charge in [0.2, 0.25) is 0 Å². The molecule has 6 heteroatoms. The van der Waals surface area contributed by atoms with E-state index in [9.17, 15) is 9.59 Å². The highest BCUT2D eigenvalue weighted by molar-refractivity contribution is 5.98. The maximum absolute atomic E-state index is 11.6. The second kappa shape index (κ2) is 7.18. The predicted octanol–water partition coefficient (Wildman–Crippen LogP) is 1.73. The van der Waals surface area contributed by atoms with E-state index < -0.39 is 18.4 Å². The second-order valence-corrected chi connectivity index (χ2v) is 3.84. The van der Waals surface area contributed by atoms with Crippen LogP contribution in [0.1, 0.15) is 12.0 Å². The molecule has 0 heterocycles. The van der Waals surface area contributed by atoms with Gasteiger partial charge in [-0.3, -0.25) is 4.79 Å². The van der Waals surface area contributed by atoms with Crippen molar-refractivity contribution in [3.05, 3.63) is 29.3 Å². The summed E-state index contributed by atoms with van der Waals surface area (Å²) in [5, 5.41) is 8.83. The second-order valence-electron chi connectivity index (χ2n) is 3.84. The number of carbonyl (C=O) groups excluding carboxylic acids is 1. The van der Waals surface area contributed by atoms with Crippen LogP contribution < -0.4 is 9.47 Å². The van der Waals surface area contributed by atoms with Crippen molar-refractivity contribution in [2.45, 2.75) is 6.42 Å². The molecule has 0 radical (unpaired) electrons. The third-order valence-electron chi connectivity index (χ3n) is 2.56. The number of methoxy groups -OCH3 is 3. The van der Waals surface area contributed by atoms with Crippen molar-refractivity contribution in [2.75, 3.05) is 21.3 Å². The lowest BCUT2D eigenvalue weighted by Crippen LogP contribution is -2.09. The van der Waals surface area contributed by atoms with Crippen molar-refractivity contribution >= 4 is 18.0 Å². The van der Waals surface area contributed by atoms with Crippen molar-refractivity contribution in [1.82, 2.24) is 0 Å². The predicted molar refractivity (Wildman–Crippen MR) is 71.8 cm³/mol. The van der Waals surface area contributed by atoms with E-state index in [2.05, 4.69) is 4.74 Å². The first-order valence-corrected chi connectivity index (χ1v) is 5.74. The Bertz CT molecular complexity index is 532. The highest BCUT2D eigenvalue weighted by Crippen LogP contribution is 2.27. The van der Waals surface area contributed by atoms with Crippen LogP contribution in [0.3, 0.4) is 0 Å². The molecule has 0 spiro atoms. The van der Waals surface area contributed by atoms with E-state index in [-0.39, 0.29) is 5.57 Å². The van der Waals surface area contributed by atoms with Gasteiger partial charge in [-0.05, 0) is 24.3 Å². The number of carboxylic acid groups (broad SMARTS) is 1. The minimum Gasteiger partial charge on any atom is -0.497 e. The molecule has 0 saturated carbocycles. The number of aliphatic carboxylic acids is 1. The minimum atomic E-state index is -1.12. The molecule has 1 aromatic carbocycles. The van der Waals surface area contributed by atoms with E-state index in [0.717, 1.165) is 0 Å². The number of hydrogen-bond acceptors (Lipinski definition) is 5. The summed E-state index contributed by atoms with van der Waals surface area (Å²) in [7, 11) is 4.18. The summed E-state index contributed by atoms with van der Waals surface area (Å²) in [6, 6.07) is 5.01. The molecule has 0 bridgehead atoms. The Balaban J connectivity index is 3.27. The average molecular weight is 280 g/mol. The van der Waals surface area contributed by atoms with Crippen LogP contribution in [0.15, 0.2) is 23.8 Å². The van der Waals surface area contributed by atoms with E-state index in [4.69, 9.17) is 14.6 Å². The topological polar surface area (TPSA) is 82.1 Å². The number of hydrogen-bond donors (Lipinski definition) is 1. The molecular formula is C14H16O6. The van der Waals surface area contributed by atoms with Crippen LogP contribution >= 0.6 is 0 Å². The maximum atomic E-state index is 11.6. The fourth-order valence-electron chi connectivity index (χ4n) is 1.62. The lowest BCUT2D eigenvalue weighted by molar-refractivity contribution is -0.141. The molecular weight excluding hydrogens is 264 g/mol. The van der Waals surface area contributed by atoms with Gasteiger partial charge >= 0.3 is 11.9 Å². The Labute approximate surface area is 116 Å². The van der Waals surface area contributed by atoms with Crippen molar-refractivity contribution in [2.24, 2.45) is 0 Å². The summed E-state index contributed by atoms with van der Waals surface area (Å²) in [4.78, 5) is 22.4. The van der Waals surface area contributed by atoms with E-state index in [1.54, 1.807) is 18.2 Å². The normalized spacial score (nSPS) is 10.8. The number of rotatable bonds is 6. The van der Waals surface area contributed by atoms with Gasteiger partial charge in [-0.15, -0.1) is 0 Å². The van der Waals surface area contributed by atoms with Gasteiger partial charge in [-0.1, -0.05) is 0 Å². The molecule has 0 aliphatic carbocycles. The van der Waals surface area contributed by atoms with E-state index >= 15 is 0 Å². The van der Waals surface area contributed by atoms with Crippen LogP contribution in [-0.4, -0.2) is 38.4 Å². The summed E-state index contributed by atoms with van der Waals surface area (Å²) < 4.78 is 14.8. The van der Waals surface area contributed by atoms with Gasteiger partial charge in [-0.2, -0.15) is 0 Å². The van der Waals surface area contributed by atoms with Gasteiger partial charge in [0.15, 0.2) is 0 Å². The smallest absolute Gasteiger partial charge is 0.334 e.